The van der Waals surface area contributed by atoms with Crippen LogP contribution in [0.1, 0.15) is 11.7 Å². The average molecular weight is 374 g/mol. The number of rotatable bonds is 4. The van der Waals surface area contributed by atoms with Gasteiger partial charge in [-0.1, -0.05) is 23.7 Å². The van der Waals surface area contributed by atoms with Crippen molar-refractivity contribution in [1.29, 1.82) is 0 Å². The van der Waals surface area contributed by atoms with Gasteiger partial charge in [0.25, 0.3) is 0 Å². The highest BCUT2D eigenvalue weighted by Gasteiger charge is 2.22. The molecule has 1 aliphatic rings. The summed E-state index contributed by atoms with van der Waals surface area (Å²) in [7, 11) is 0. The summed E-state index contributed by atoms with van der Waals surface area (Å²) >= 11 is 6.28. The standard InChI is InChI=1S/C20H21ClFN3O/c21-17-3-1-2-4-19(17)25-9-7-24(8-10-25)13-20(26)16-12-23-18-6-5-14(22)11-15(16)18/h1-6,11-12,20,23,26H,7-10,13H2. The maximum absolute atomic E-state index is 13.5. The zero-order chi connectivity index (χ0) is 18.1. The predicted octanol–water partition coefficient (Wildman–Crippen LogP) is 3.82. The molecule has 136 valence electrons. The van der Waals surface area contributed by atoms with E-state index in [9.17, 15) is 9.50 Å². The van der Waals surface area contributed by atoms with Crippen molar-refractivity contribution < 1.29 is 9.50 Å². The molecule has 0 radical (unpaired) electrons. The fraction of sp³-hybridized carbons (Fsp3) is 0.300. The Morgan fingerprint density at radius 3 is 2.65 bits per heavy atom. The maximum Gasteiger partial charge on any atom is 0.123 e. The third-order valence-corrected chi connectivity index (χ3v) is 5.35. The maximum atomic E-state index is 13.5. The quantitative estimate of drug-likeness (QED) is 0.730. The summed E-state index contributed by atoms with van der Waals surface area (Å²) in [6.45, 7) is 3.94. The highest BCUT2D eigenvalue weighted by molar-refractivity contribution is 6.33. The first-order chi connectivity index (χ1) is 12.6. The number of anilines is 1. The Morgan fingerprint density at radius 2 is 1.88 bits per heavy atom. The van der Waals surface area contributed by atoms with E-state index in [1.807, 2.05) is 24.3 Å². The fourth-order valence-electron chi connectivity index (χ4n) is 3.61. The molecule has 1 aromatic heterocycles. The summed E-state index contributed by atoms with van der Waals surface area (Å²) < 4.78 is 13.5. The van der Waals surface area contributed by atoms with E-state index in [0.29, 0.717) is 6.54 Å². The van der Waals surface area contributed by atoms with Crippen LogP contribution in [0.4, 0.5) is 10.1 Å². The van der Waals surface area contributed by atoms with Crippen LogP contribution in [0.2, 0.25) is 5.02 Å². The van der Waals surface area contributed by atoms with Gasteiger partial charge in [0.1, 0.15) is 5.82 Å². The molecule has 0 amide bonds. The largest absolute Gasteiger partial charge is 0.387 e. The van der Waals surface area contributed by atoms with Crippen LogP contribution in [0, 0.1) is 5.82 Å². The van der Waals surface area contributed by atoms with Crippen molar-refractivity contribution in [3.8, 4) is 0 Å². The number of nitrogens with one attached hydrogen (secondary N) is 1. The number of para-hydroxylation sites is 1. The minimum Gasteiger partial charge on any atom is -0.387 e. The lowest BCUT2D eigenvalue weighted by Gasteiger charge is -2.37. The van der Waals surface area contributed by atoms with E-state index >= 15 is 0 Å². The molecule has 1 aliphatic heterocycles. The molecule has 6 heteroatoms. The van der Waals surface area contributed by atoms with E-state index in [2.05, 4.69) is 14.8 Å². The van der Waals surface area contributed by atoms with Crippen molar-refractivity contribution >= 4 is 28.2 Å². The van der Waals surface area contributed by atoms with Gasteiger partial charge in [-0.2, -0.15) is 0 Å². The predicted molar refractivity (Wildman–Crippen MR) is 103 cm³/mol. The van der Waals surface area contributed by atoms with Crippen molar-refractivity contribution in [2.24, 2.45) is 0 Å². The number of piperazine rings is 1. The van der Waals surface area contributed by atoms with Crippen molar-refractivity contribution in [2.45, 2.75) is 6.10 Å². The van der Waals surface area contributed by atoms with Crippen LogP contribution >= 0.6 is 11.6 Å². The van der Waals surface area contributed by atoms with Crippen molar-refractivity contribution in [3.63, 3.8) is 0 Å². The van der Waals surface area contributed by atoms with Gasteiger partial charge >= 0.3 is 0 Å². The summed E-state index contributed by atoms with van der Waals surface area (Å²) in [6, 6.07) is 12.5. The molecule has 1 saturated heterocycles. The molecular weight excluding hydrogens is 353 g/mol. The topological polar surface area (TPSA) is 42.5 Å². The number of hydrogen-bond acceptors (Lipinski definition) is 3. The second-order valence-electron chi connectivity index (χ2n) is 6.69. The number of halogens is 2. The Hall–Kier alpha value is -2.08. The molecule has 4 rings (SSSR count). The molecule has 1 atom stereocenters. The Labute approximate surface area is 156 Å². The Morgan fingerprint density at radius 1 is 1.12 bits per heavy atom. The van der Waals surface area contributed by atoms with Crippen molar-refractivity contribution in [1.82, 2.24) is 9.88 Å². The first-order valence-electron chi connectivity index (χ1n) is 8.78. The monoisotopic (exact) mass is 373 g/mol. The molecule has 1 fully saturated rings. The second-order valence-corrected chi connectivity index (χ2v) is 7.10. The molecule has 0 bridgehead atoms. The highest BCUT2D eigenvalue weighted by atomic mass is 35.5. The first-order valence-corrected chi connectivity index (χ1v) is 9.16. The molecule has 3 aromatic rings. The van der Waals surface area contributed by atoms with Gasteiger partial charge in [0.05, 0.1) is 16.8 Å². The molecular formula is C20H21ClFN3O. The lowest BCUT2D eigenvalue weighted by molar-refractivity contribution is 0.110. The van der Waals surface area contributed by atoms with E-state index in [-0.39, 0.29) is 5.82 Å². The molecule has 0 aliphatic carbocycles. The van der Waals surface area contributed by atoms with Crippen molar-refractivity contribution in [3.05, 3.63) is 65.1 Å². The Balaban J connectivity index is 1.41. The molecule has 1 unspecified atom stereocenters. The average Bonchev–Trinajstić information content (AvgIpc) is 3.06. The minimum atomic E-state index is -0.655. The molecule has 0 spiro atoms. The third kappa shape index (κ3) is 3.43. The number of H-pyrrole nitrogens is 1. The first kappa shape index (κ1) is 17.3. The van der Waals surface area contributed by atoms with Crippen LogP contribution in [-0.4, -0.2) is 47.7 Å². The van der Waals surface area contributed by atoms with Crippen LogP contribution in [0.5, 0.6) is 0 Å². The smallest absolute Gasteiger partial charge is 0.123 e. The second kappa shape index (κ2) is 7.27. The lowest BCUT2D eigenvalue weighted by Crippen LogP contribution is -2.47. The number of aromatic nitrogens is 1. The number of aliphatic hydroxyl groups is 1. The van der Waals surface area contributed by atoms with Crippen LogP contribution in [0.3, 0.4) is 0 Å². The number of benzene rings is 2. The summed E-state index contributed by atoms with van der Waals surface area (Å²) in [5.41, 5.74) is 2.64. The number of aliphatic hydroxyl groups excluding tert-OH is 1. The van der Waals surface area contributed by atoms with Gasteiger partial charge in [0.2, 0.25) is 0 Å². The number of aromatic amines is 1. The van der Waals surface area contributed by atoms with Gasteiger partial charge < -0.3 is 15.0 Å². The lowest BCUT2D eigenvalue weighted by atomic mass is 10.1. The van der Waals surface area contributed by atoms with Gasteiger partial charge in [-0.25, -0.2) is 4.39 Å². The highest BCUT2D eigenvalue weighted by Crippen LogP contribution is 2.28. The van der Waals surface area contributed by atoms with Gasteiger partial charge in [-0.15, -0.1) is 0 Å². The fourth-order valence-corrected chi connectivity index (χ4v) is 3.87. The molecule has 2 heterocycles. The van der Waals surface area contributed by atoms with E-state index in [0.717, 1.165) is 53.4 Å². The van der Waals surface area contributed by atoms with E-state index in [4.69, 9.17) is 11.6 Å². The van der Waals surface area contributed by atoms with Gasteiger partial charge in [-0.3, -0.25) is 4.90 Å². The number of fused-ring (bicyclic) bond motifs is 1. The van der Waals surface area contributed by atoms with E-state index in [1.165, 1.54) is 12.1 Å². The summed E-state index contributed by atoms with van der Waals surface area (Å²) in [6.07, 6.45) is 1.12. The van der Waals surface area contributed by atoms with Crippen LogP contribution in [0.15, 0.2) is 48.7 Å². The number of β-amino-alcohol motifs (C(OH)–C–C–N with tert-alkyl or cyclic N) is 1. The Kier molecular flexibility index (Phi) is 4.85. The zero-order valence-electron chi connectivity index (χ0n) is 14.3. The van der Waals surface area contributed by atoms with Crippen LogP contribution in [-0.2, 0) is 0 Å². The Bertz CT molecular complexity index is 905. The molecule has 26 heavy (non-hydrogen) atoms. The molecule has 2 N–H and O–H groups in total. The zero-order valence-corrected chi connectivity index (χ0v) is 15.1. The van der Waals surface area contributed by atoms with E-state index in [1.54, 1.807) is 12.3 Å². The van der Waals surface area contributed by atoms with Gasteiger partial charge in [0, 0.05) is 55.4 Å². The molecule has 4 nitrogen and oxygen atoms in total. The summed E-state index contributed by atoms with van der Waals surface area (Å²) in [4.78, 5) is 7.60. The number of hydrogen-bond donors (Lipinski definition) is 2. The summed E-state index contributed by atoms with van der Waals surface area (Å²) in [5, 5.41) is 12.2. The van der Waals surface area contributed by atoms with Crippen LogP contribution in [0.25, 0.3) is 10.9 Å². The van der Waals surface area contributed by atoms with Gasteiger partial charge in [0.15, 0.2) is 0 Å². The van der Waals surface area contributed by atoms with E-state index < -0.39 is 6.10 Å². The molecule has 2 aromatic carbocycles. The normalized spacial score (nSPS) is 17.0. The third-order valence-electron chi connectivity index (χ3n) is 5.03. The molecule has 0 saturated carbocycles. The summed E-state index contributed by atoms with van der Waals surface area (Å²) in [5.74, 6) is -0.293. The minimum absolute atomic E-state index is 0.293. The van der Waals surface area contributed by atoms with Crippen molar-refractivity contribution in [2.75, 3.05) is 37.6 Å². The van der Waals surface area contributed by atoms with Gasteiger partial charge in [-0.05, 0) is 30.3 Å². The SMILES string of the molecule is OC(CN1CCN(c2ccccc2Cl)CC1)c1c[nH]c2ccc(F)cc12. The number of nitrogens with zero attached hydrogens (tertiary/aromatic N) is 2. The van der Waals surface area contributed by atoms with Crippen LogP contribution < -0.4 is 4.90 Å².